The zero-order valence-electron chi connectivity index (χ0n) is 13.4. The average molecular weight is 290 g/mol. The van der Waals surface area contributed by atoms with Crippen LogP contribution in [0.25, 0.3) is 0 Å². The van der Waals surface area contributed by atoms with Crippen LogP contribution in [-0.2, 0) is 0 Å². The minimum atomic E-state index is -0.239. The summed E-state index contributed by atoms with van der Waals surface area (Å²) in [6.07, 6.45) is 13.0. The fourth-order valence-electron chi connectivity index (χ4n) is 6.83. The maximum atomic E-state index is 10.3. The number of aliphatic hydroxyl groups excluding tert-OH is 2. The Morgan fingerprint density at radius 3 is 2.86 bits per heavy atom. The first-order valence-corrected chi connectivity index (χ1v) is 9.07. The molecule has 4 rings (SSSR count). The molecule has 0 spiro atoms. The Hall–Kier alpha value is -0.340. The lowest BCUT2D eigenvalue weighted by molar-refractivity contribution is -0.0792. The molecule has 0 saturated heterocycles. The maximum absolute atomic E-state index is 10.3. The average Bonchev–Trinajstić information content (AvgIpc) is 2.88. The molecular weight excluding hydrogens is 260 g/mol. The van der Waals surface area contributed by atoms with Gasteiger partial charge in [-0.2, -0.15) is 0 Å². The molecule has 4 aliphatic rings. The SMILES string of the molecule is C[C@@]12CCC[C@H]1[C@@H]1CCC3=CCC(O)C[C@]3(CO)[C@@H]1CC2. The van der Waals surface area contributed by atoms with Crippen molar-refractivity contribution in [3.05, 3.63) is 11.6 Å². The van der Waals surface area contributed by atoms with Gasteiger partial charge in [-0.15, -0.1) is 0 Å². The molecule has 2 heteroatoms. The van der Waals surface area contributed by atoms with E-state index in [0.29, 0.717) is 11.3 Å². The largest absolute Gasteiger partial charge is 0.395 e. The number of aliphatic hydroxyl groups is 2. The summed E-state index contributed by atoms with van der Waals surface area (Å²) in [6, 6.07) is 0. The molecule has 0 aromatic rings. The van der Waals surface area contributed by atoms with Gasteiger partial charge in [0.05, 0.1) is 12.7 Å². The highest BCUT2D eigenvalue weighted by molar-refractivity contribution is 5.26. The number of hydrogen-bond acceptors (Lipinski definition) is 2. The molecule has 0 aromatic carbocycles. The van der Waals surface area contributed by atoms with Crippen molar-refractivity contribution in [2.75, 3.05) is 6.61 Å². The predicted molar refractivity (Wildman–Crippen MR) is 83.7 cm³/mol. The van der Waals surface area contributed by atoms with Gasteiger partial charge < -0.3 is 10.2 Å². The Morgan fingerprint density at radius 1 is 1.19 bits per heavy atom. The van der Waals surface area contributed by atoms with Crippen molar-refractivity contribution in [2.24, 2.45) is 28.6 Å². The predicted octanol–water partition coefficient (Wildman–Crippen LogP) is 3.67. The Kier molecular flexibility index (Phi) is 3.28. The summed E-state index contributed by atoms with van der Waals surface area (Å²) in [7, 11) is 0. The highest BCUT2D eigenvalue weighted by Crippen LogP contribution is 2.65. The zero-order chi connectivity index (χ0) is 14.7. The van der Waals surface area contributed by atoms with Crippen molar-refractivity contribution in [1.82, 2.24) is 0 Å². The van der Waals surface area contributed by atoms with Crippen LogP contribution in [0.2, 0.25) is 0 Å². The van der Waals surface area contributed by atoms with Crippen molar-refractivity contribution in [3.63, 3.8) is 0 Å². The van der Waals surface area contributed by atoms with Crippen LogP contribution in [0, 0.1) is 28.6 Å². The van der Waals surface area contributed by atoms with Gasteiger partial charge in [0.1, 0.15) is 0 Å². The normalized spacial score (nSPS) is 52.6. The molecule has 1 unspecified atom stereocenters. The van der Waals surface area contributed by atoms with Gasteiger partial charge in [0.25, 0.3) is 0 Å². The van der Waals surface area contributed by atoms with Crippen molar-refractivity contribution < 1.29 is 10.2 Å². The van der Waals surface area contributed by atoms with Crippen LogP contribution in [0.15, 0.2) is 11.6 Å². The standard InChI is InChI=1S/C19H30O2/c1-18-9-2-3-16(18)15-7-5-13-4-6-14(21)11-19(13,12-20)17(15)8-10-18/h4,14-17,20-21H,2-3,5-12H2,1H3/t14?,15-,16-,17+,18-,19+/m0/s1. The first kappa shape index (κ1) is 14.3. The van der Waals surface area contributed by atoms with Crippen LogP contribution in [0.4, 0.5) is 0 Å². The second-order valence-electron chi connectivity index (χ2n) is 8.64. The smallest absolute Gasteiger partial charge is 0.0584 e. The van der Waals surface area contributed by atoms with E-state index < -0.39 is 0 Å². The molecule has 0 heterocycles. The summed E-state index contributed by atoms with van der Waals surface area (Å²) in [5.74, 6) is 2.29. The summed E-state index contributed by atoms with van der Waals surface area (Å²) in [6.45, 7) is 2.77. The molecule has 0 bridgehead atoms. The lowest BCUT2D eigenvalue weighted by Gasteiger charge is -2.58. The monoisotopic (exact) mass is 290 g/mol. The molecule has 118 valence electrons. The first-order valence-electron chi connectivity index (χ1n) is 9.07. The van der Waals surface area contributed by atoms with Gasteiger partial charge in [-0.1, -0.05) is 25.0 Å². The number of rotatable bonds is 1. The lowest BCUT2D eigenvalue weighted by Crippen LogP contribution is -2.53. The van der Waals surface area contributed by atoms with Crippen LogP contribution in [-0.4, -0.2) is 22.9 Å². The molecule has 3 fully saturated rings. The number of fused-ring (bicyclic) bond motifs is 5. The fraction of sp³-hybridized carbons (Fsp3) is 0.895. The van der Waals surface area contributed by atoms with E-state index in [-0.39, 0.29) is 18.1 Å². The van der Waals surface area contributed by atoms with E-state index >= 15 is 0 Å². The van der Waals surface area contributed by atoms with Gasteiger partial charge >= 0.3 is 0 Å². The summed E-state index contributed by atoms with van der Waals surface area (Å²) in [4.78, 5) is 0. The van der Waals surface area contributed by atoms with Crippen molar-refractivity contribution in [1.29, 1.82) is 0 Å². The van der Waals surface area contributed by atoms with Crippen LogP contribution >= 0.6 is 0 Å². The molecule has 4 aliphatic carbocycles. The van der Waals surface area contributed by atoms with Crippen LogP contribution in [0.5, 0.6) is 0 Å². The highest BCUT2D eigenvalue weighted by Gasteiger charge is 2.57. The molecule has 2 N–H and O–H groups in total. The van der Waals surface area contributed by atoms with Crippen LogP contribution in [0.3, 0.4) is 0 Å². The third-order valence-corrected chi connectivity index (χ3v) is 7.83. The molecule has 0 radical (unpaired) electrons. The molecule has 0 aliphatic heterocycles. The zero-order valence-corrected chi connectivity index (χ0v) is 13.4. The Bertz CT molecular complexity index is 456. The maximum Gasteiger partial charge on any atom is 0.0584 e. The van der Waals surface area contributed by atoms with E-state index in [1.54, 1.807) is 0 Å². The van der Waals surface area contributed by atoms with Crippen LogP contribution < -0.4 is 0 Å². The van der Waals surface area contributed by atoms with Gasteiger partial charge in [-0.25, -0.2) is 0 Å². The van der Waals surface area contributed by atoms with Crippen molar-refractivity contribution in [2.45, 2.75) is 70.8 Å². The Labute approximate surface area is 128 Å². The highest BCUT2D eigenvalue weighted by atomic mass is 16.3. The second-order valence-corrected chi connectivity index (χ2v) is 8.64. The summed E-state index contributed by atoms with van der Waals surface area (Å²) >= 11 is 0. The molecule has 0 aromatic heterocycles. The number of hydrogen-bond donors (Lipinski definition) is 2. The fourth-order valence-corrected chi connectivity index (χ4v) is 6.83. The third-order valence-electron chi connectivity index (χ3n) is 7.83. The van der Waals surface area contributed by atoms with Gasteiger partial charge in [0.2, 0.25) is 0 Å². The van der Waals surface area contributed by atoms with E-state index in [2.05, 4.69) is 13.0 Å². The van der Waals surface area contributed by atoms with Crippen molar-refractivity contribution >= 4 is 0 Å². The van der Waals surface area contributed by atoms with Gasteiger partial charge in [0.15, 0.2) is 0 Å². The van der Waals surface area contributed by atoms with E-state index in [4.69, 9.17) is 0 Å². The lowest BCUT2D eigenvalue weighted by atomic mass is 9.47. The van der Waals surface area contributed by atoms with E-state index in [9.17, 15) is 10.2 Å². The minimum Gasteiger partial charge on any atom is -0.395 e. The second kappa shape index (κ2) is 4.83. The molecule has 0 amide bonds. The Balaban J connectivity index is 1.71. The third kappa shape index (κ3) is 1.91. The summed E-state index contributed by atoms with van der Waals surface area (Å²) in [5.41, 5.74) is 1.98. The van der Waals surface area contributed by atoms with E-state index in [1.165, 1.54) is 50.5 Å². The quantitative estimate of drug-likeness (QED) is 0.723. The van der Waals surface area contributed by atoms with Gasteiger partial charge in [-0.05, 0) is 74.5 Å². The minimum absolute atomic E-state index is 0.0789. The summed E-state index contributed by atoms with van der Waals surface area (Å²) < 4.78 is 0. The van der Waals surface area contributed by atoms with Crippen LogP contribution in [0.1, 0.15) is 64.7 Å². The first-order chi connectivity index (χ1) is 10.1. The Morgan fingerprint density at radius 2 is 2.05 bits per heavy atom. The molecular formula is C19H30O2. The van der Waals surface area contributed by atoms with Crippen molar-refractivity contribution in [3.8, 4) is 0 Å². The summed E-state index contributed by atoms with van der Waals surface area (Å²) in [5, 5.41) is 20.5. The molecule has 21 heavy (non-hydrogen) atoms. The van der Waals surface area contributed by atoms with E-state index in [1.807, 2.05) is 0 Å². The molecule has 6 atom stereocenters. The van der Waals surface area contributed by atoms with Gasteiger partial charge in [0, 0.05) is 5.41 Å². The molecule has 2 nitrogen and oxygen atoms in total. The topological polar surface area (TPSA) is 40.5 Å². The van der Waals surface area contributed by atoms with E-state index in [0.717, 1.165) is 24.7 Å². The van der Waals surface area contributed by atoms with Gasteiger partial charge in [-0.3, -0.25) is 0 Å². The molecule has 3 saturated carbocycles.